The molecule has 0 aromatic rings. The van der Waals surface area contributed by atoms with Crippen molar-refractivity contribution in [2.45, 2.75) is 146 Å². The summed E-state index contributed by atoms with van der Waals surface area (Å²) in [5.41, 5.74) is 0. The first-order valence-electron chi connectivity index (χ1n) is 14.6. The van der Waals surface area contributed by atoms with Crippen LogP contribution >= 0.6 is 0 Å². The first kappa shape index (κ1) is 36.2. The topological polar surface area (TPSA) is 180 Å². The van der Waals surface area contributed by atoms with Gasteiger partial charge in [0, 0.05) is 6.42 Å². The Hall–Kier alpha value is -0.860. The molecule has 6 atom stereocenters. The van der Waals surface area contributed by atoms with Gasteiger partial charge in [0.25, 0.3) is 10.1 Å². The minimum absolute atomic E-state index is 0.248. The molecule has 0 bridgehead atoms. The van der Waals surface area contributed by atoms with E-state index >= 15 is 0 Å². The quantitative estimate of drug-likeness (QED) is 0.0677. The van der Waals surface area contributed by atoms with Crippen LogP contribution in [0.1, 0.15) is 110 Å². The van der Waals surface area contributed by atoms with Crippen LogP contribution in [0.25, 0.3) is 0 Å². The van der Waals surface area contributed by atoms with Gasteiger partial charge in [0.1, 0.15) is 42.9 Å². The molecule has 1 aliphatic rings. The van der Waals surface area contributed by atoms with Gasteiger partial charge in [-0.3, -0.25) is 9.35 Å². The summed E-state index contributed by atoms with van der Waals surface area (Å²) in [7, 11) is -4.53. The summed E-state index contributed by atoms with van der Waals surface area (Å²) in [4.78, 5) is 11.9. The minimum Gasteiger partial charge on any atom is -0.463 e. The van der Waals surface area contributed by atoms with Gasteiger partial charge in [0.05, 0.1) is 6.61 Å². The van der Waals surface area contributed by atoms with Gasteiger partial charge in [-0.15, -0.1) is 0 Å². The number of hydrogen-bond donors (Lipinski definition) is 5. The van der Waals surface area contributed by atoms with E-state index in [1.165, 1.54) is 70.6 Å². The standard InChI is InChI=1S/C27H52O11S/c1-2-3-4-5-6-7-8-9-10-11-12-13-14-15-16-17-23(29)36-18-21(28)19-37-27-26(32)25(31)24(30)22(38-27)20-39(33,34)35/h21-22,24-28,30-32H,2-20H2,1H3,(H,33,34,35)/t21?,22-,24-,25+,26-,27-/m1/s1. The fraction of sp³-hybridized carbons (Fsp3) is 0.963. The van der Waals surface area contributed by atoms with Crippen molar-refractivity contribution in [3.05, 3.63) is 0 Å². The van der Waals surface area contributed by atoms with Gasteiger partial charge >= 0.3 is 5.97 Å². The maximum absolute atomic E-state index is 11.9. The molecule has 0 spiro atoms. The van der Waals surface area contributed by atoms with Crippen molar-refractivity contribution in [3.8, 4) is 0 Å². The highest BCUT2D eigenvalue weighted by Gasteiger charge is 2.45. The fourth-order valence-corrected chi connectivity index (χ4v) is 5.25. The molecule has 0 saturated carbocycles. The predicted octanol–water partition coefficient (Wildman–Crippen LogP) is 2.86. The monoisotopic (exact) mass is 584 g/mol. The lowest BCUT2D eigenvalue weighted by atomic mass is 10.00. The third kappa shape index (κ3) is 17.5. The summed E-state index contributed by atoms with van der Waals surface area (Å²) >= 11 is 0. The van der Waals surface area contributed by atoms with Crippen molar-refractivity contribution in [1.82, 2.24) is 0 Å². The van der Waals surface area contributed by atoms with Gasteiger partial charge in [-0.25, -0.2) is 0 Å². The molecule has 11 nitrogen and oxygen atoms in total. The normalized spacial score (nSPS) is 24.5. The average Bonchev–Trinajstić information content (AvgIpc) is 2.88. The van der Waals surface area contributed by atoms with E-state index in [4.69, 9.17) is 18.8 Å². The van der Waals surface area contributed by atoms with Crippen LogP contribution in [-0.2, 0) is 29.1 Å². The lowest BCUT2D eigenvalue weighted by Crippen LogP contribution is -2.60. The zero-order valence-corrected chi connectivity index (χ0v) is 24.3. The fourth-order valence-electron chi connectivity index (χ4n) is 4.56. The molecule has 0 aromatic carbocycles. The molecule has 0 aliphatic carbocycles. The van der Waals surface area contributed by atoms with E-state index < -0.39 is 65.3 Å². The lowest BCUT2D eigenvalue weighted by Gasteiger charge is -2.40. The zero-order chi connectivity index (χ0) is 29.1. The lowest BCUT2D eigenvalue weighted by molar-refractivity contribution is -0.296. The highest BCUT2D eigenvalue weighted by atomic mass is 32.2. The minimum atomic E-state index is -4.53. The molecular weight excluding hydrogens is 532 g/mol. The summed E-state index contributed by atoms with van der Waals surface area (Å²) < 4.78 is 46.4. The van der Waals surface area contributed by atoms with Crippen LogP contribution in [0.4, 0.5) is 0 Å². The number of esters is 1. The molecule has 12 heteroatoms. The summed E-state index contributed by atoms with van der Waals surface area (Å²) in [5, 5.41) is 39.7. The number of carbonyl (C=O) groups is 1. The van der Waals surface area contributed by atoms with E-state index in [-0.39, 0.29) is 13.0 Å². The second-order valence-electron chi connectivity index (χ2n) is 10.6. The van der Waals surface area contributed by atoms with Crippen molar-refractivity contribution in [1.29, 1.82) is 0 Å². The Morgan fingerprint density at radius 3 is 1.74 bits per heavy atom. The zero-order valence-electron chi connectivity index (χ0n) is 23.5. The highest BCUT2D eigenvalue weighted by Crippen LogP contribution is 2.23. The van der Waals surface area contributed by atoms with Gasteiger partial charge in [0.15, 0.2) is 6.29 Å². The Kier molecular flexibility index (Phi) is 19.4. The first-order chi connectivity index (χ1) is 18.5. The first-order valence-corrected chi connectivity index (χ1v) is 16.3. The van der Waals surface area contributed by atoms with E-state index in [0.29, 0.717) is 6.42 Å². The van der Waals surface area contributed by atoms with Gasteiger partial charge in [-0.2, -0.15) is 8.42 Å². The Balaban J connectivity index is 2.05. The highest BCUT2D eigenvalue weighted by molar-refractivity contribution is 7.85. The molecule has 1 rings (SSSR count). The molecule has 0 amide bonds. The molecule has 39 heavy (non-hydrogen) atoms. The van der Waals surface area contributed by atoms with Crippen LogP contribution in [-0.4, -0.2) is 95.1 Å². The number of ether oxygens (including phenoxy) is 3. The molecule has 0 aromatic heterocycles. The number of hydrogen-bond acceptors (Lipinski definition) is 10. The van der Waals surface area contributed by atoms with Gasteiger partial charge in [-0.05, 0) is 6.42 Å². The number of unbranched alkanes of at least 4 members (excludes halogenated alkanes) is 14. The van der Waals surface area contributed by atoms with Crippen LogP contribution in [0.5, 0.6) is 0 Å². The molecule has 1 aliphatic heterocycles. The maximum atomic E-state index is 11.9. The summed E-state index contributed by atoms with van der Waals surface area (Å²) in [6.07, 6.45) is 9.05. The van der Waals surface area contributed by atoms with Crippen molar-refractivity contribution in [2.24, 2.45) is 0 Å². The molecule has 232 valence electrons. The third-order valence-corrected chi connectivity index (χ3v) is 7.67. The van der Waals surface area contributed by atoms with E-state index in [1.54, 1.807) is 0 Å². The van der Waals surface area contributed by atoms with Gasteiger partial charge in [0.2, 0.25) is 0 Å². The molecule has 1 saturated heterocycles. The Morgan fingerprint density at radius 2 is 1.26 bits per heavy atom. The van der Waals surface area contributed by atoms with Crippen LogP contribution in [0.2, 0.25) is 0 Å². The van der Waals surface area contributed by atoms with Gasteiger partial charge in [-0.1, -0.05) is 96.8 Å². The Morgan fingerprint density at radius 1 is 0.769 bits per heavy atom. The second kappa shape index (κ2) is 20.9. The second-order valence-corrected chi connectivity index (χ2v) is 12.1. The van der Waals surface area contributed by atoms with Crippen molar-refractivity contribution in [2.75, 3.05) is 19.0 Å². The third-order valence-electron chi connectivity index (χ3n) is 6.92. The van der Waals surface area contributed by atoms with Crippen LogP contribution < -0.4 is 0 Å². The largest absolute Gasteiger partial charge is 0.463 e. The maximum Gasteiger partial charge on any atom is 0.305 e. The number of carbonyl (C=O) groups excluding carboxylic acids is 1. The van der Waals surface area contributed by atoms with Crippen molar-refractivity contribution >= 4 is 16.1 Å². The number of aliphatic hydroxyl groups is 4. The van der Waals surface area contributed by atoms with E-state index in [2.05, 4.69) is 6.92 Å². The molecule has 1 fully saturated rings. The van der Waals surface area contributed by atoms with Crippen LogP contribution in [0.3, 0.4) is 0 Å². The van der Waals surface area contributed by atoms with E-state index in [0.717, 1.165) is 19.3 Å². The Labute approximate surface area is 234 Å². The van der Waals surface area contributed by atoms with Crippen LogP contribution in [0, 0.1) is 0 Å². The molecule has 5 N–H and O–H groups in total. The summed E-state index contributed by atoms with van der Waals surface area (Å²) in [6.45, 7) is 1.45. The van der Waals surface area contributed by atoms with Gasteiger partial charge < -0.3 is 34.6 Å². The number of aliphatic hydroxyl groups excluding tert-OH is 4. The smallest absolute Gasteiger partial charge is 0.305 e. The Bertz CT molecular complexity index is 733. The molecular formula is C27H52O11S. The van der Waals surface area contributed by atoms with Crippen molar-refractivity contribution in [3.63, 3.8) is 0 Å². The SMILES string of the molecule is CCCCCCCCCCCCCCCCCC(=O)OCC(O)CO[C@@H]1O[C@H](CS(=O)(=O)O)[C@@H](O)[C@H](O)[C@H]1O. The molecule has 1 unspecified atom stereocenters. The number of rotatable bonds is 23. The predicted molar refractivity (Wildman–Crippen MR) is 146 cm³/mol. The summed E-state index contributed by atoms with van der Waals surface area (Å²) in [6, 6.07) is 0. The van der Waals surface area contributed by atoms with E-state index in [9.17, 15) is 33.6 Å². The van der Waals surface area contributed by atoms with Crippen LogP contribution in [0.15, 0.2) is 0 Å². The molecule has 0 radical (unpaired) electrons. The average molecular weight is 585 g/mol. The molecule has 1 heterocycles. The van der Waals surface area contributed by atoms with Crippen molar-refractivity contribution < 1.29 is 52.4 Å². The summed E-state index contributed by atoms with van der Waals surface area (Å²) in [5.74, 6) is -1.46. The van der Waals surface area contributed by atoms with E-state index in [1.807, 2.05) is 0 Å².